The molecule has 0 aliphatic carbocycles. The van der Waals surface area contributed by atoms with Gasteiger partial charge in [-0.25, -0.2) is 9.67 Å². The van der Waals surface area contributed by atoms with Crippen LogP contribution in [0.4, 0.5) is 11.6 Å². The van der Waals surface area contributed by atoms with Crippen LogP contribution in [-0.4, -0.2) is 26.3 Å². The van der Waals surface area contributed by atoms with Crippen LogP contribution in [0.1, 0.15) is 17.5 Å². The van der Waals surface area contributed by atoms with E-state index in [1.807, 2.05) is 17.0 Å². The van der Waals surface area contributed by atoms with E-state index >= 15 is 0 Å². The molecule has 0 amide bonds. The molecule has 0 atom stereocenters. The highest BCUT2D eigenvalue weighted by atomic mass is 15.3. The number of aromatic nitrogens is 4. The zero-order valence-electron chi connectivity index (χ0n) is 13.5. The van der Waals surface area contributed by atoms with Gasteiger partial charge in [0, 0.05) is 25.0 Å². The van der Waals surface area contributed by atoms with Crippen LogP contribution >= 0.6 is 0 Å². The molecule has 6 nitrogen and oxygen atoms in total. The van der Waals surface area contributed by atoms with Crippen molar-refractivity contribution >= 4 is 22.7 Å². The molecule has 0 fully saturated rings. The first-order chi connectivity index (χ1) is 11.8. The van der Waals surface area contributed by atoms with E-state index in [1.165, 1.54) is 11.1 Å². The fraction of sp³-hybridized carbons (Fsp3) is 0.278. The lowest BCUT2D eigenvalue weighted by molar-refractivity contribution is 0.639. The molecule has 3 heterocycles. The Morgan fingerprint density at radius 3 is 3.17 bits per heavy atom. The van der Waals surface area contributed by atoms with Crippen LogP contribution in [-0.2, 0) is 19.5 Å². The third-order valence-corrected chi connectivity index (χ3v) is 4.27. The standard InChI is InChI=1S/C18H20N6/c1-2-3-8-24-17-15(12-21-24)11-20-18(23-17)22-16-5-4-13-6-7-19-10-14(13)9-16/h2,4-5,9,11-12,19H,1,3,6-8,10H2,(H,20,22,23). The molecule has 0 spiro atoms. The van der Waals surface area contributed by atoms with Gasteiger partial charge < -0.3 is 10.6 Å². The molecule has 24 heavy (non-hydrogen) atoms. The van der Waals surface area contributed by atoms with Crippen molar-refractivity contribution in [3.63, 3.8) is 0 Å². The average Bonchev–Trinajstić information content (AvgIpc) is 3.02. The maximum Gasteiger partial charge on any atom is 0.229 e. The summed E-state index contributed by atoms with van der Waals surface area (Å²) >= 11 is 0. The molecule has 122 valence electrons. The molecule has 1 aromatic carbocycles. The number of aryl methyl sites for hydroxylation is 1. The summed E-state index contributed by atoms with van der Waals surface area (Å²) in [5.74, 6) is 0.589. The molecule has 1 aliphatic heterocycles. The first kappa shape index (κ1) is 14.8. The van der Waals surface area contributed by atoms with Crippen molar-refractivity contribution in [2.45, 2.75) is 25.9 Å². The number of nitrogens with one attached hydrogen (secondary N) is 2. The van der Waals surface area contributed by atoms with Gasteiger partial charge in [-0.2, -0.15) is 10.1 Å². The summed E-state index contributed by atoms with van der Waals surface area (Å²) in [6.07, 6.45) is 7.44. The number of anilines is 2. The number of benzene rings is 1. The molecular weight excluding hydrogens is 300 g/mol. The summed E-state index contributed by atoms with van der Waals surface area (Å²) in [5.41, 5.74) is 4.60. The van der Waals surface area contributed by atoms with Gasteiger partial charge in [0.25, 0.3) is 0 Å². The molecule has 0 radical (unpaired) electrons. The van der Waals surface area contributed by atoms with Gasteiger partial charge in [-0.15, -0.1) is 6.58 Å². The van der Waals surface area contributed by atoms with Crippen LogP contribution in [0.15, 0.2) is 43.2 Å². The molecule has 0 unspecified atom stereocenters. The van der Waals surface area contributed by atoms with Gasteiger partial charge in [-0.05, 0) is 42.6 Å². The molecule has 4 rings (SSSR count). The Morgan fingerprint density at radius 1 is 1.29 bits per heavy atom. The van der Waals surface area contributed by atoms with E-state index in [-0.39, 0.29) is 0 Å². The lowest BCUT2D eigenvalue weighted by atomic mass is 10.0. The van der Waals surface area contributed by atoms with E-state index < -0.39 is 0 Å². The van der Waals surface area contributed by atoms with Crippen LogP contribution in [0, 0.1) is 0 Å². The van der Waals surface area contributed by atoms with Gasteiger partial charge in [0.2, 0.25) is 5.95 Å². The highest BCUT2D eigenvalue weighted by Gasteiger charge is 2.10. The van der Waals surface area contributed by atoms with Gasteiger partial charge in [-0.1, -0.05) is 12.1 Å². The minimum Gasteiger partial charge on any atom is -0.324 e. The van der Waals surface area contributed by atoms with E-state index in [1.54, 1.807) is 6.20 Å². The van der Waals surface area contributed by atoms with Crippen LogP contribution in [0.3, 0.4) is 0 Å². The van der Waals surface area contributed by atoms with E-state index in [0.717, 1.165) is 49.2 Å². The van der Waals surface area contributed by atoms with E-state index in [4.69, 9.17) is 0 Å². The van der Waals surface area contributed by atoms with Crippen molar-refractivity contribution in [1.82, 2.24) is 25.1 Å². The van der Waals surface area contributed by atoms with E-state index in [9.17, 15) is 0 Å². The Bertz CT molecular complexity index is 882. The summed E-state index contributed by atoms with van der Waals surface area (Å²) in [6.45, 7) is 6.49. The zero-order valence-corrected chi connectivity index (χ0v) is 13.5. The van der Waals surface area contributed by atoms with Crippen molar-refractivity contribution in [3.8, 4) is 0 Å². The number of hydrogen-bond acceptors (Lipinski definition) is 5. The lowest BCUT2D eigenvalue weighted by Gasteiger charge is -2.18. The number of nitrogens with zero attached hydrogens (tertiary/aromatic N) is 4. The molecule has 2 aromatic heterocycles. The molecule has 2 N–H and O–H groups in total. The largest absolute Gasteiger partial charge is 0.324 e. The maximum absolute atomic E-state index is 4.62. The van der Waals surface area contributed by atoms with Gasteiger partial charge in [0.15, 0.2) is 5.65 Å². The predicted molar refractivity (Wildman–Crippen MR) is 95.3 cm³/mol. The monoisotopic (exact) mass is 320 g/mol. The van der Waals surface area contributed by atoms with Crippen molar-refractivity contribution in [1.29, 1.82) is 0 Å². The normalized spacial score (nSPS) is 13.7. The number of hydrogen-bond donors (Lipinski definition) is 2. The van der Waals surface area contributed by atoms with Crippen LogP contribution < -0.4 is 10.6 Å². The molecule has 0 bridgehead atoms. The van der Waals surface area contributed by atoms with Crippen LogP contribution in [0.2, 0.25) is 0 Å². The summed E-state index contributed by atoms with van der Waals surface area (Å²) in [6, 6.07) is 6.45. The van der Waals surface area contributed by atoms with E-state index in [0.29, 0.717) is 5.95 Å². The smallest absolute Gasteiger partial charge is 0.229 e. The fourth-order valence-electron chi connectivity index (χ4n) is 2.99. The fourth-order valence-corrected chi connectivity index (χ4v) is 2.99. The second kappa shape index (κ2) is 6.41. The SMILES string of the molecule is C=CCCn1ncc2cnc(Nc3ccc4c(c3)CNCC4)nc21. The average molecular weight is 320 g/mol. The Labute approximate surface area is 140 Å². The predicted octanol–water partition coefficient (Wildman–Crippen LogP) is 2.79. The van der Waals surface area contributed by atoms with Crippen molar-refractivity contribution in [3.05, 3.63) is 54.4 Å². The van der Waals surface area contributed by atoms with Crippen LogP contribution in [0.25, 0.3) is 11.0 Å². The Morgan fingerprint density at radius 2 is 2.25 bits per heavy atom. The first-order valence-electron chi connectivity index (χ1n) is 8.22. The Kier molecular flexibility index (Phi) is 3.96. The number of fused-ring (bicyclic) bond motifs is 2. The first-order valence-corrected chi connectivity index (χ1v) is 8.22. The summed E-state index contributed by atoms with van der Waals surface area (Å²) in [4.78, 5) is 9.02. The number of rotatable bonds is 5. The molecule has 6 heteroatoms. The lowest BCUT2D eigenvalue weighted by Crippen LogP contribution is -2.23. The topological polar surface area (TPSA) is 67.7 Å². The highest BCUT2D eigenvalue weighted by Crippen LogP contribution is 2.22. The van der Waals surface area contributed by atoms with Gasteiger partial charge in [0.05, 0.1) is 11.6 Å². The number of allylic oxidation sites excluding steroid dienone is 1. The highest BCUT2D eigenvalue weighted by molar-refractivity contribution is 5.75. The Hall–Kier alpha value is -2.73. The van der Waals surface area contributed by atoms with Gasteiger partial charge >= 0.3 is 0 Å². The molecule has 3 aromatic rings. The second-order valence-corrected chi connectivity index (χ2v) is 5.95. The van der Waals surface area contributed by atoms with Crippen molar-refractivity contribution in [2.24, 2.45) is 0 Å². The van der Waals surface area contributed by atoms with Crippen molar-refractivity contribution in [2.75, 3.05) is 11.9 Å². The summed E-state index contributed by atoms with van der Waals surface area (Å²) < 4.78 is 1.89. The van der Waals surface area contributed by atoms with Gasteiger partial charge in [-0.3, -0.25) is 0 Å². The Balaban J connectivity index is 1.61. The molecule has 0 saturated carbocycles. The van der Waals surface area contributed by atoms with E-state index in [2.05, 4.69) is 50.5 Å². The molecule has 0 saturated heterocycles. The quantitative estimate of drug-likeness (QED) is 0.708. The summed E-state index contributed by atoms with van der Waals surface area (Å²) in [7, 11) is 0. The third kappa shape index (κ3) is 2.88. The minimum absolute atomic E-state index is 0.589. The zero-order chi connectivity index (χ0) is 16.4. The third-order valence-electron chi connectivity index (χ3n) is 4.27. The van der Waals surface area contributed by atoms with Crippen LogP contribution in [0.5, 0.6) is 0 Å². The van der Waals surface area contributed by atoms with Crippen molar-refractivity contribution < 1.29 is 0 Å². The molecular formula is C18H20N6. The summed E-state index contributed by atoms with van der Waals surface area (Å²) in [5, 5.41) is 12.0. The molecule has 1 aliphatic rings. The second-order valence-electron chi connectivity index (χ2n) is 5.95. The maximum atomic E-state index is 4.62. The minimum atomic E-state index is 0.589. The van der Waals surface area contributed by atoms with Gasteiger partial charge in [0.1, 0.15) is 0 Å².